The third-order valence-electron chi connectivity index (χ3n) is 2.61. The second kappa shape index (κ2) is 3.55. The minimum absolute atomic E-state index is 0.537. The zero-order chi connectivity index (χ0) is 10.2. The molecule has 0 aromatic carbocycles. The predicted octanol–water partition coefficient (Wildman–Crippen LogP) is 0.381. The Labute approximate surface area is 80.7 Å². The van der Waals surface area contributed by atoms with Crippen molar-refractivity contribution in [3.8, 4) is 0 Å². The Morgan fingerprint density at radius 3 is 2.08 bits per heavy atom. The Bertz CT molecular complexity index is 266. The van der Waals surface area contributed by atoms with Crippen molar-refractivity contribution in [1.29, 1.82) is 0 Å². The van der Waals surface area contributed by atoms with Gasteiger partial charge in [0.1, 0.15) is 0 Å². The zero-order valence-electron chi connectivity index (χ0n) is 8.69. The second-order valence-electron chi connectivity index (χ2n) is 4.11. The third kappa shape index (κ3) is 2.03. The van der Waals surface area contributed by atoms with Gasteiger partial charge in [0.15, 0.2) is 0 Å². The summed E-state index contributed by atoms with van der Waals surface area (Å²) in [5.41, 5.74) is 0. The van der Waals surface area contributed by atoms with E-state index in [1.165, 1.54) is 8.61 Å². The van der Waals surface area contributed by atoms with E-state index >= 15 is 0 Å². The molecule has 0 aromatic rings. The Morgan fingerprint density at radius 2 is 1.77 bits per heavy atom. The minimum Gasteiger partial charge on any atom is -0.195 e. The van der Waals surface area contributed by atoms with Crippen LogP contribution in [0, 0.1) is 11.8 Å². The van der Waals surface area contributed by atoms with Gasteiger partial charge in [0.25, 0.3) is 10.2 Å². The molecule has 0 saturated carbocycles. The van der Waals surface area contributed by atoms with Crippen LogP contribution in [0.1, 0.15) is 13.8 Å². The molecule has 1 saturated heterocycles. The van der Waals surface area contributed by atoms with Gasteiger partial charge >= 0.3 is 0 Å². The maximum Gasteiger partial charge on any atom is 0.281 e. The fraction of sp³-hybridized carbons (Fsp3) is 1.00. The molecular formula is C8H18N2O2S. The number of hydrogen-bond acceptors (Lipinski definition) is 2. The summed E-state index contributed by atoms with van der Waals surface area (Å²) in [6.07, 6.45) is 0. The van der Waals surface area contributed by atoms with E-state index in [1.807, 2.05) is 0 Å². The number of hydrogen-bond donors (Lipinski definition) is 0. The molecule has 0 atom stereocenters. The Hall–Kier alpha value is -0.130. The lowest BCUT2D eigenvalue weighted by molar-refractivity contribution is 0.145. The molecule has 0 unspecified atom stereocenters. The highest BCUT2D eigenvalue weighted by Crippen LogP contribution is 2.26. The van der Waals surface area contributed by atoms with Crippen molar-refractivity contribution in [3.05, 3.63) is 0 Å². The van der Waals surface area contributed by atoms with Crippen molar-refractivity contribution in [2.75, 3.05) is 27.2 Å². The van der Waals surface area contributed by atoms with Gasteiger partial charge in [-0.15, -0.1) is 0 Å². The lowest BCUT2D eigenvalue weighted by atomic mass is 9.91. The van der Waals surface area contributed by atoms with Crippen molar-refractivity contribution in [3.63, 3.8) is 0 Å². The summed E-state index contributed by atoms with van der Waals surface area (Å²) in [6.45, 7) is 5.62. The van der Waals surface area contributed by atoms with Gasteiger partial charge in [-0.1, -0.05) is 13.8 Å². The number of rotatable bonds is 3. The summed E-state index contributed by atoms with van der Waals surface area (Å²) in [5.74, 6) is 1.11. The quantitative estimate of drug-likeness (QED) is 0.670. The first-order valence-electron chi connectivity index (χ1n) is 4.53. The topological polar surface area (TPSA) is 40.6 Å². The number of nitrogens with zero attached hydrogens (tertiary/aromatic N) is 2. The van der Waals surface area contributed by atoms with E-state index in [4.69, 9.17) is 0 Å². The van der Waals surface area contributed by atoms with E-state index in [0.717, 1.165) is 0 Å². The van der Waals surface area contributed by atoms with E-state index in [2.05, 4.69) is 13.8 Å². The Balaban J connectivity index is 2.53. The minimum atomic E-state index is -3.14. The summed E-state index contributed by atoms with van der Waals surface area (Å²) >= 11 is 0. The van der Waals surface area contributed by atoms with Crippen molar-refractivity contribution in [1.82, 2.24) is 8.61 Å². The van der Waals surface area contributed by atoms with Crippen molar-refractivity contribution in [2.24, 2.45) is 11.8 Å². The monoisotopic (exact) mass is 206 g/mol. The molecule has 1 fully saturated rings. The van der Waals surface area contributed by atoms with Gasteiger partial charge in [-0.05, 0) is 11.8 Å². The largest absolute Gasteiger partial charge is 0.281 e. The molecule has 4 nitrogen and oxygen atoms in total. The van der Waals surface area contributed by atoms with Gasteiger partial charge in [-0.3, -0.25) is 0 Å². The van der Waals surface area contributed by atoms with Crippen molar-refractivity contribution < 1.29 is 8.42 Å². The normalized spacial score (nSPS) is 21.1. The van der Waals surface area contributed by atoms with E-state index in [1.54, 1.807) is 14.1 Å². The van der Waals surface area contributed by atoms with Crippen LogP contribution in [0.25, 0.3) is 0 Å². The van der Waals surface area contributed by atoms with Crippen LogP contribution in [0.5, 0.6) is 0 Å². The van der Waals surface area contributed by atoms with Crippen LogP contribution in [0.4, 0.5) is 0 Å². The Morgan fingerprint density at radius 1 is 1.31 bits per heavy atom. The molecule has 1 heterocycles. The lowest BCUT2D eigenvalue weighted by Crippen LogP contribution is -2.54. The SMILES string of the molecule is CC(C)C1CN(S(=O)(=O)N(C)C)C1. The highest BCUT2D eigenvalue weighted by molar-refractivity contribution is 7.86. The first kappa shape index (κ1) is 10.9. The maximum atomic E-state index is 11.5. The van der Waals surface area contributed by atoms with E-state index in [-0.39, 0.29) is 0 Å². The van der Waals surface area contributed by atoms with Gasteiger partial charge in [-0.2, -0.15) is 17.0 Å². The first-order chi connectivity index (χ1) is 5.85. The molecule has 1 rings (SSSR count). The summed E-state index contributed by atoms with van der Waals surface area (Å²) in [7, 11) is -0.00494. The summed E-state index contributed by atoms with van der Waals surface area (Å²) < 4.78 is 25.9. The summed E-state index contributed by atoms with van der Waals surface area (Å²) in [5, 5.41) is 0. The maximum absolute atomic E-state index is 11.5. The fourth-order valence-corrected chi connectivity index (χ4v) is 2.53. The lowest BCUT2D eigenvalue weighted by Gasteiger charge is -2.41. The van der Waals surface area contributed by atoms with Crippen LogP contribution in [-0.4, -0.2) is 44.2 Å². The second-order valence-corrected chi connectivity index (χ2v) is 6.25. The van der Waals surface area contributed by atoms with Gasteiger partial charge < -0.3 is 0 Å². The molecule has 0 aliphatic carbocycles. The molecule has 78 valence electrons. The van der Waals surface area contributed by atoms with Gasteiger partial charge in [-0.25, -0.2) is 0 Å². The standard InChI is InChI=1S/C8H18N2O2S/c1-7(2)8-5-10(6-8)13(11,12)9(3)4/h7-8H,5-6H2,1-4H3. The van der Waals surface area contributed by atoms with Crippen LogP contribution in [0.15, 0.2) is 0 Å². The molecule has 1 aliphatic heterocycles. The first-order valence-corrected chi connectivity index (χ1v) is 5.93. The van der Waals surface area contributed by atoms with E-state index in [0.29, 0.717) is 24.9 Å². The molecule has 0 spiro atoms. The molecule has 1 aliphatic rings. The van der Waals surface area contributed by atoms with Crippen LogP contribution in [0.2, 0.25) is 0 Å². The molecule has 0 aromatic heterocycles. The van der Waals surface area contributed by atoms with Crippen molar-refractivity contribution in [2.45, 2.75) is 13.8 Å². The summed E-state index contributed by atoms with van der Waals surface area (Å²) in [6, 6.07) is 0. The van der Waals surface area contributed by atoms with Gasteiger partial charge in [0, 0.05) is 27.2 Å². The van der Waals surface area contributed by atoms with Crippen LogP contribution >= 0.6 is 0 Å². The molecule has 0 radical (unpaired) electrons. The highest BCUT2D eigenvalue weighted by Gasteiger charge is 2.37. The third-order valence-corrected chi connectivity index (χ3v) is 4.48. The molecular weight excluding hydrogens is 188 g/mol. The van der Waals surface area contributed by atoms with Crippen molar-refractivity contribution >= 4 is 10.2 Å². The highest BCUT2D eigenvalue weighted by atomic mass is 32.2. The van der Waals surface area contributed by atoms with E-state index < -0.39 is 10.2 Å². The Kier molecular flexibility index (Phi) is 2.99. The van der Waals surface area contributed by atoms with Crippen LogP contribution in [0.3, 0.4) is 0 Å². The zero-order valence-corrected chi connectivity index (χ0v) is 9.50. The average molecular weight is 206 g/mol. The van der Waals surface area contributed by atoms with Crippen LogP contribution < -0.4 is 0 Å². The summed E-state index contributed by atoms with van der Waals surface area (Å²) in [4.78, 5) is 0. The fourth-order valence-electron chi connectivity index (χ4n) is 1.31. The molecule has 5 heteroatoms. The van der Waals surface area contributed by atoms with Crippen LogP contribution in [-0.2, 0) is 10.2 Å². The molecule has 0 bridgehead atoms. The average Bonchev–Trinajstić information content (AvgIpc) is 1.80. The molecule has 13 heavy (non-hydrogen) atoms. The smallest absolute Gasteiger partial charge is 0.195 e. The molecule has 0 N–H and O–H groups in total. The molecule has 0 amide bonds. The van der Waals surface area contributed by atoms with Gasteiger partial charge in [0.2, 0.25) is 0 Å². The van der Waals surface area contributed by atoms with Gasteiger partial charge in [0.05, 0.1) is 0 Å². The van der Waals surface area contributed by atoms with E-state index in [9.17, 15) is 8.42 Å². The predicted molar refractivity (Wildman–Crippen MR) is 52.5 cm³/mol.